The summed E-state index contributed by atoms with van der Waals surface area (Å²) in [6, 6.07) is 5.62. The highest BCUT2D eigenvalue weighted by molar-refractivity contribution is 6.29. The Labute approximate surface area is 101 Å². The zero-order chi connectivity index (χ0) is 12.3. The van der Waals surface area contributed by atoms with E-state index in [0.29, 0.717) is 10.8 Å². The molecule has 0 saturated carbocycles. The average Bonchev–Trinajstić information content (AvgIpc) is 2.32. The van der Waals surface area contributed by atoms with E-state index in [4.69, 9.17) is 11.6 Å². The van der Waals surface area contributed by atoms with Gasteiger partial charge in [-0.2, -0.15) is 4.39 Å². The van der Waals surface area contributed by atoms with Crippen molar-refractivity contribution in [3.05, 3.63) is 53.3 Å². The molecule has 0 bridgehead atoms. The number of anilines is 1. The minimum atomic E-state index is -0.702. The van der Waals surface area contributed by atoms with E-state index in [1.54, 1.807) is 12.1 Å². The summed E-state index contributed by atoms with van der Waals surface area (Å²) >= 11 is 5.60. The quantitative estimate of drug-likeness (QED) is 0.835. The summed E-state index contributed by atoms with van der Waals surface area (Å²) in [6.07, 6.45) is 2.64. The second-order valence-corrected chi connectivity index (χ2v) is 3.58. The number of aromatic nitrogens is 2. The maximum Gasteiger partial charge on any atom is 0.255 e. The lowest BCUT2D eigenvalue weighted by Crippen LogP contribution is -2.12. The van der Waals surface area contributed by atoms with Crippen molar-refractivity contribution in [2.24, 2.45) is 0 Å². The van der Waals surface area contributed by atoms with E-state index in [9.17, 15) is 9.18 Å². The third-order valence-corrected chi connectivity index (χ3v) is 2.20. The van der Waals surface area contributed by atoms with E-state index in [2.05, 4.69) is 15.3 Å². The normalized spacial score (nSPS) is 10.0. The Morgan fingerprint density at radius 2 is 2.12 bits per heavy atom. The molecule has 17 heavy (non-hydrogen) atoms. The Kier molecular flexibility index (Phi) is 3.30. The number of hydrogen-bond donors (Lipinski definition) is 1. The van der Waals surface area contributed by atoms with Gasteiger partial charge in [0.05, 0.1) is 11.9 Å². The van der Waals surface area contributed by atoms with Gasteiger partial charge in [-0.25, -0.2) is 9.97 Å². The van der Waals surface area contributed by atoms with Crippen LogP contribution in [0.15, 0.2) is 36.7 Å². The van der Waals surface area contributed by atoms with Crippen molar-refractivity contribution in [1.82, 2.24) is 9.97 Å². The van der Waals surface area contributed by atoms with E-state index in [1.807, 2.05) is 0 Å². The Hall–Kier alpha value is -2.01. The maximum absolute atomic E-state index is 12.8. The lowest BCUT2D eigenvalue weighted by molar-refractivity contribution is 0.102. The number of pyridine rings is 2. The van der Waals surface area contributed by atoms with E-state index >= 15 is 0 Å². The molecule has 0 aliphatic carbocycles. The van der Waals surface area contributed by atoms with E-state index in [0.717, 1.165) is 6.07 Å². The molecule has 0 aliphatic heterocycles. The minimum Gasteiger partial charge on any atom is -0.321 e. The van der Waals surface area contributed by atoms with Crippen molar-refractivity contribution in [3.63, 3.8) is 0 Å². The number of halogens is 2. The van der Waals surface area contributed by atoms with Gasteiger partial charge in [-0.15, -0.1) is 0 Å². The highest BCUT2D eigenvalue weighted by atomic mass is 35.5. The summed E-state index contributed by atoms with van der Waals surface area (Å²) in [5, 5.41) is 2.89. The van der Waals surface area contributed by atoms with Crippen molar-refractivity contribution >= 4 is 23.2 Å². The molecule has 0 unspecified atom stereocenters. The largest absolute Gasteiger partial charge is 0.321 e. The SMILES string of the molecule is O=C(Nc1ccc(Cl)nc1)c1ccnc(F)c1. The molecule has 0 spiro atoms. The molecule has 4 nitrogen and oxygen atoms in total. The molecule has 0 radical (unpaired) electrons. The van der Waals surface area contributed by atoms with Crippen LogP contribution < -0.4 is 5.32 Å². The summed E-state index contributed by atoms with van der Waals surface area (Å²) in [4.78, 5) is 18.9. The predicted molar refractivity (Wildman–Crippen MR) is 61.4 cm³/mol. The predicted octanol–water partition coefficient (Wildman–Crippen LogP) is 2.52. The minimum absolute atomic E-state index is 0.187. The fraction of sp³-hybridized carbons (Fsp3) is 0. The van der Waals surface area contributed by atoms with Gasteiger partial charge >= 0.3 is 0 Å². The smallest absolute Gasteiger partial charge is 0.255 e. The van der Waals surface area contributed by atoms with Crippen molar-refractivity contribution in [2.75, 3.05) is 5.32 Å². The Morgan fingerprint density at radius 1 is 1.29 bits per heavy atom. The van der Waals surface area contributed by atoms with Crippen molar-refractivity contribution in [3.8, 4) is 0 Å². The number of rotatable bonds is 2. The van der Waals surface area contributed by atoms with Crippen LogP contribution in [-0.4, -0.2) is 15.9 Å². The molecule has 0 atom stereocenters. The summed E-state index contributed by atoms with van der Waals surface area (Å²) < 4.78 is 12.8. The number of amides is 1. The fourth-order valence-corrected chi connectivity index (χ4v) is 1.31. The Bertz CT molecular complexity index is 545. The van der Waals surface area contributed by atoms with E-state index in [1.165, 1.54) is 18.5 Å². The lowest BCUT2D eigenvalue weighted by Gasteiger charge is -2.04. The van der Waals surface area contributed by atoms with Gasteiger partial charge in [-0.1, -0.05) is 11.6 Å². The van der Waals surface area contributed by atoms with Crippen LogP contribution in [0.3, 0.4) is 0 Å². The summed E-state index contributed by atoms with van der Waals surface area (Å²) in [5.74, 6) is -1.14. The van der Waals surface area contributed by atoms with Crippen molar-refractivity contribution < 1.29 is 9.18 Å². The van der Waals surface area contributed by atoms with Crippen LogP contribution in [-0.2, 0) is 0 Å². The lowest BCUT2D eigenvalue weighted by atomic mass is 10.2. The molecule has 1 amide bonds. The van der Waals surface area contributed by atoms with Gasteiger partial charge in [0.2, 0.25) is 5.95 Å². The van der Waals surface area contributed by atoms with Gasteiger partial charge in [0.25, 0.3) is 5.91 Å². The van der Waals surface area contributed by atoms with Crippen LogP contribution in [0, 0.1) is 5.95 Å². The van der Waals surface area contributed by atoms with Gasteiger partial charge in [0.1, 0.15) is 5.15 Å². The summed E-state index contributed by atoms with van der Waals surface area (Å²) in [7, 11) is 0. The first kappa shape index (κ1) is 11.5. The van der Waals surface area contributed by atoms with Crippen LogP contribution in [0.25, 0.3) is 0 Å². The van der Waals surface area contributed by atoms with E-state index < -0.39 is 11.9 Å². The van der Waals surface area contributed by atoms with Gasteiger partial charge in [-0.3, -0.25) is 4.79 Å². The molecule has 86 valence electrons. The maximum atomic E-state index is 12.8. The summed E-state index contributed by atoms with van der Waals surface area (Å²) in [5.41, 5.74) is 0.670. The molecule has 2 heterocycles. The molecule has 6 heteroatoms. The first-order valence-corrected chi connectivity index (χ1v) is 5.07. The first-order valence-electron chi connectivity index (χ1n) is 4.69. The van der Waals surface area contributed by atoms with E-state index in [-0.39, 0.29) is 5.56 Å². The molecule has 0 aliphatic rings. The van der Waals surface area contributed by atoms with Crippen molar-refractivity contribution in [1.29, 1.82) is 0 Å². The van der Waals surface area contributed by atoms with Crippen LogP contribution in [0.2, 0.25) is 5.15 Å². The van der Waals surface area contributed by atoms with Crippen molar-refractivity contribution in [2.45, 2.75) is 0 Å². The first-order chi connectivity index (χ1) is 8.15. The van der Waals surface area contributed by atoms with Gasteiger partial charge in [0.15, 0.2) is 0 Å². The van der Waals surface area contributed by atoms with Crippen LogP contribution >= 0.6 is 11.6 Å². The zero-order valence-electron chi connectivity index (χ0n) is 8.52. The number of carbonyl (C=O) groups is 1. The Balaban J connectivity index is 2.14. The highest BCUT2D eigenvalue weighted by Gasteiger charge is 2.07. The third-order valence-electron chi connectivity index (χ3n) is 1.97. The number of hydrogen-bond acceptors (Lipinski definition) is 3. The second kappa shape index (κ2) is 4.88. The summed E-state index contributed by atoms with van der Waals surface area (Å²) in [6.45, 7) is 0. The standard InChI is InChI=1S/C11H7ClFN3O/c12-9-2-1-8(6-15-9)16-11(17)7-3-4-14-10(13)5-7/h1-6H,(H,16,17). The second-order valence-electron chi connectivity index (χ2n) is 3.19. The monoisotopic (exact) mass is 251 g/mol. The third kappa shape index (κ3) is 2.98. The number of carbonyl (C=O) groups excluding carboxylic acids is 1. The molecular weight excluding hydrogens is 245 g/mol. The van der Waals surface area contributed by atoms with Crippen LogP contribution in [0.4, 0.5) is 10.1 Å². The highest BCUT2D eigenvalue weighted by Crippen LogP contribution is 2.11. The molecule has 0 saturated heterocycles. The van der Waals surface area contributed by atoms with Gasteiger partial charge < -0.3 is 5.32 Å². The molecule has 0 aromatic carbocycles. The van der Waals surface area contributed by atoms with Crippen LogP contribution in [0.5, 0.6) is 0 Å². The topological polar surface area (TPSA) is 54.9 Å². The average molecular weight is 252 g/mol. The molecule has 2 aromatic rings. The van der Waals surface area contributed by atoms with Gasteiger partial charge in [-0.05, 0) is 18.2 Å². The molecule has 2 rings (SSSR count). The number of nitrogens with zero attached hydrogens (tertiary/aromatic N) is 2. The molecular formula is C11H7ClFN3O. The molecule has 1 N–H and O–H groups in total. The van der Waals surface area contributed by atoms with Crippen LogP contribution in [0.1, 0.15) is 10.4 Å². The molecule has 2 aromatic heterocycles. The van der Waals surface area contributed by atoms with Gasteiger partial charge in [0, 0.05) is 17.8 Å². The zero-order valence-corrected chi connectivity index (χ0v) is 9.28. The Morgan fingerprint density at radius 3 is 2.76 bits per heavy atom. The molecule has 0 fully saturated rings. The number of nitrogens with one attached hydrogen (secondary N) is 1. The fourth-order valence-electron chi connectivity index (χ4n) is 1.20.